The Balaban J connectivity index is 2.53. The number of carbonyl (C=O) groups is 1. The van der Waals surface area contributed by atoms with Gasteiger partial charge in [0, 0.05) is 6.42 Å². The Morgan fingerprint density at radius 3 is 1.72 bits per heavy atom. The van der Waals surface area contributed by atoms with Crippen LogP contribution in [0.2, 0.25) is 0 Å². The third-order valence-corrected chi connectivity index (χ3v) is 8.55. The Morgan fingerprint density at radius 2 is 1.21 bits per heavy atom. The molecule has 1 aliphatic rings. The van der Waals surface area contributed by atoms with Crippen LogP contribution in [0.4, 0.5) is 0 Å². The number of rotatable bonds is 27. The molecule has 10 nitrogen and oxygen atoms in total. The van der Waals surface area contributed by atoms with Gasteiger partial charge in [-0.15, -0.1) is 0 Å². The molecule has 43 heavy (non-hydrogen) atoms. The van der Waals surface area contributed by atoms with Crippen molar-refractivity contribution >= 4 is 5.91 Å². The number of hydrogen-bond acceptors (Lipinski definition) is 9. The van der Waals surface area contributed by atoms with Crippen LogP contribution < -0.4 is 5.32 Å². The maximum absolute atomic E-state index is 12.7. The van der Waals surface area contributed by atoms with E-state index >= 15 is 0 Å². The minimum atomic E-state index is -1.60. The molecule has 1 amide bonds. The summed E-state index contributed by atoms with van der Waals surface area (Å²) in [6.45, 7) is 3.49. The summed E-state index contributed by atoms with van der Waals surface area (Å²) in [6.07, 6.45) is 11.5. The highest BCUT2D eigenvalue weighted by Crippen LogP contribution is 2.23. The molecular weight excluding hydrogens is 554 g/mol. The first-order valence-corrected chi connectivity index (χ1v) is 17.3. The van der Waals surface area contributed by atoms with Crippen molar-refractivity contribution in [1.82, 2.24) is 5.32 Å². The Hall–Kier alpha value is -0.850. The molecule has 5 unspecified atom stereocenters. The molecule has 0 aromatic rings. The molecule has 0 bridgehead atoms. The van der Waals surface area contributed by atoms with Crippen LogP contribution in [0.15, 0.2) is 0 Å². The van der Waals surface area contributed by atoms with E-state index < -0.39 is 55.6 Å². The summed E-state index contributed by atoms with van der Waals surface area (Å²) in [5.41, 5.74) is 0. The van der Waals surface area contributed by atoms with Crippen LogP contribution in [0.5, 0.6) is 0 Å². The van der Waals surface area contributed by atoms with Gasteiger partial charge in [-0.3, -0.25) is 4.79 Å². The van der Waals surface area contributed by atoms with E-state index in [4.69, 9.17) is 9.47 Å². The Morgan fingerprint density at radius 1 is 0.721 bits per heavy atom. The van der Waals surface area contributed by atoms with Crippen molar-refractivity contribution in [2.75, 3.05) is 13.2 Å². The fraction of sp³-hybridized carbons (Fsp3) is 0.970. The lowest BCUT2D eigenvalue weighted by molar-refractivity contribution is -0.303. The quantitative estimate of drug-likeness (QED) is 0.0675. The largest absolute Gasteiger partial charge is 0.394 e. The van der Waals surface area contributed by atoms with Crippen molar-refractivity contribution in [2.24, 2.45) is 0 Å². The van der Waals surface area contributed by atoms with Gasteiger partial charge < -0.3 is 45.4 Å². The van der Waals surface area contributed by atoms with E-state index in [1.807, 2.05) is 0 Å². The van der Waals surface area contributed by atoms with Crippen LogP contribution in [-0.4, -0.2) is 98.7 Å². The summed E-state index contributed by atoms with van der Waals surface area (Å²) < 4.78 is 11.0. The Kier molecular flexibility index (Phi) is 23.7. The van der Waals surface area contributed by atoms with E-state index in [0.29, 0.717) is 12.8 Å². The highest BCUT2D eigenvalue weighted by atomic mass is 16.7. The molecule has 1 aliphatic heterocycles. The molecule has 0 spiro atoms. The fourth-order valence-corrected chi connectivity index (χ4v) is 5.61. The predicted molar refractivity (Wildman–Crippen MR) is 167 cm³/mol. The SMILES string of the molecule is CCCCCCCCCCCCCC[C@@H](O)[C@@H](O)[C@H](COC1OC(CO)C(O)C(O)C1O)NC(=O)CCCCCCCC. The van der Waals surface area contributed by atoms with Crippen LogP contribution >= 0.6 is 0 Å². The summed E-state index contributed by atoms with van der Waals surface area (Å²) >= 11 is 0. The number of amides is 1. The van der Waals surface area contributed by atoms with Gasteiger partial charge in [0.1, 0.15) is 30.5 Å². The van der Waals surface area contributed by atoms with Gasteiger partial charge in [-0.05, 0) is 12.8 Å². The van der Waals surface area contributed by atoms with E-state index in [1.54, 1.807) is 0 Å². The second kappa shape index (κ2) is 25.4. The first-order chi connectivity index (χ1) is 20.8. The summed E-state index contributed by atoms with van der Waals surface area (Å²) in [5.74, 6) is -0.269. The molecule has 1 rings (SSSR count). The molecule has 7 N–H and O–H groups in total. The van der Waals surface area contributed by atoms with Gasteiger partial charge in [0.2, 0.25) is 5.91 Å². The summed E-state index contributed by atoms with van der Waals surface area (Å²) in [4.78, 5) is 12.7. The second-order valence-electron chi connectivity index (χ2n) is 12.5. The molecule has 1 heterocycles. The first-order valence-electron chi connectivity index (χ1n) is 17.3. The van der Waals surface area contributed by atoms with Gasteiger partial charge in [0.15, 0.2) is 6.29 Å². The van der Waals surface area contributed by atoms with Crippen molar-refractivity contribution in [3.05, 3.63) is 0 Å². The topological polar surface area (TPSA) is 169 Å². The zero-order valence-corrected chi connectivity index (χ0v) is 27.1. The molecule has 10 heteroatoms. The maximum Gasteiger partial charge on any atom is 0.220 e. The van der Waals surface area contributed by atoms with Crippen LogP contribution in [0.3, 0.4) is 0 Å². The highest BCUT2D eigenvalue weighted by Gasteiger charge is 2.44. The maximum atomic E-state index is 12.7. The van der Waals surface area contributed by atoms with Crippen molar-refractivity contribution < 1.29 is 44.9 Å². The average molecular weight is 620 g/mol. The number of hydrogen-bond donors (Lipinski definition) is 7. The minimum absolute atomic E-state index is 0.269. The molecule has 0 aromatic heterocycles. The normalized spacial score (nSPS) is 24.5. The predicted octanol–water partition coefficient (Wildman–Crippen LogP) is 3.85. The van der Waals surface area contributed by atoms with Gasteiger partial charge >= 0.3 is 0 Å². The van der Waals surface area contributed by atoms with Crippen molar-refractivity contribution in [3.63, 3.8) is 0 Å². The van der Waals surface area contributed by atoms with E-state index in [-0.39, 0.29) is 18.9 Å². The average Bonchev–Trinajstić information content (AvgIpc) is 3.00. The Bertz CT molecular complexity index is 668. The molecule has 0 radical (unpaired) electrons. The minimum Gasteiger partial charge on any atom is -0.394 e. The van der Waals surface area contributed by atoms with Crippen LogP contribution in [-0.2, 0) is 14.3 Å². The van der Waals surface area contributed by atoms with Crippen molar-refractivity contribution in [1.29, 1.82) is 0 Å². The van der Waals surface area contributed by atoms with Gasteiger partial charge in [0.05, 0.1) is 25.4 Å². The molecule has 1 saturated heterocycles. The van der Waals surface area contributed by atoms with E-state index in [9.17, 15) is 35.4 Å². The summed E-state index contributed by atoms with van der Waals surface area (Å²) in [6, 6.07) is -0.979. The zero-order chi connectivity index (χ0) is 31.9. The first kappa shape index (κ1) is 40.2. The van der Waals surface area contributed by atoms with Crippen molar-refractivity contribution in [2.45, 2.75) is 191 Å². The lowest BCUT2D eigenvalue weighted by Gasteiger charge is -2.40. The van der Waals surface area contributed by atoms with E-state index in [1.165, 1.54) is 57.8 Å². The summed E-state index contributed by atoms with van der Waals surface area (Å²) in [7, 11) is 0. The number of aliphatic hydroxyl groups excluding tert-OH is 6. The molecule has 0 aromatic carbocycles. The smallest absolute Gasteiger partial charge is 0.220 e. The third kappa shape index (κ3) is 17.4. The molecule has 1 fully saturated rings. The molecule has 256 valence electrons. The Labute approximate surface area is 260 Å². The fourth-order valence-electron chi connectivity index (χ4n) is 5.61. The monoisotopic (exact) mass is 619 g/mol. The second-order valence-corrected chi connectivity index (χ2v) is 12.5. The van der Waals surface area contributed by atoms with Crippen molar-refractivity contribution in [3.8, 4) is 0 Å². The van der Waals surface area contributed by atoms with E-state index in [0.717, 1.165) is 51.4 Å². The highest BCUT2D eigenvalue weighted by molar-refractivity contribution is 5.76. The van der Waals surface area contributed by atoms with Gasteiger partial charge in [-0.25, -0.2) is 0 Å². The lowest BCUT2D eigenvalue weighted by atomic mass is 9.98. The summed E-state index contributed by atoms with van der Waals surface area (Å²) in [5, 5.41) is 64.3. The molecule has 0 aliphatic carbocycles. The molecule has 0 saturated carbocycles. The van der Waals surface area contributed by atoms with Gasteiger partial charge in [-0.2, -0.15) is 0 Å². The standard InChI is InChI=1S/C33H65NO9/c1-3-5-7-9-11-12-13-14-15-16-17-19-21-26(36)29(38)25(34-28(37)22-20-18-10-8-6-4-2)24-42-33-32(41)31(40)30(39)27(23-35)43-33/h25-27,29-33,35-36,38-41H,3-24H2,1-2H3,(H,34,37)/t25-,26+,27?,29-,30?,31?,32?,33?/m0/s1. The molecule has 8 atom stereocenters. The lowest BCUT2D eigenvalue weighted by Crippen LogP contribution is -2.60. The van der Waals surface area contributed by atoms with Crippen LogP contribution in [0, 0.1) is 0 Å². The number of aliphatic hydroxyl groups is 6. The third-order valence-electron chi connectivity index (χ3n) is 8.55. The van der Waals surface area contributed by atoms with Crippen LogP contribution in [0.1, 0.15) is 142 Å². The number of nitrogens with one attached hydrogen (secondary N) is 1. The molecular formula is C33H65NO9. The van der Waals surface area contributed by atoms with Gasteiger partial charge in [0.25, 0.3) is 0 Å². The number of ether oxygens (including phenoxy) is 2. The number of carbonyl (C=O) groups excluding carboxylic acids is 1. The van der Waals surface area contributed by atoms with E-state index in [2.05, 4.69) is 19.2 Å². The zero-order valence-electron chi connectivity index (χ0n) is 27.1. The van der Waals surface area contributed by atoms with Gasteiger partial charge in [-0.1, -0.05) is 123 Å². The number of unbranched alkanes of at least 4 members (excludes halogenated alkanes) is 16. The van der Waals surface area contributed by atoms with Crippen LogP contribution in [0.25, 0.3) is 0 Å².